The van der Waals surface area contributed by atoms with Crippen molar-refractivity contribution in [3.8, 4) is 0 Å². The van der Waals surface area contributed by atoms with E-state index < -0.39 is 0 Å². The number of benzene rings is 2. The highest BCUT2D eigenvalue weighted by atomic mass is 32.2. The highest BCUT2D eigenvalue weighted by Crippen LogP contribution is 2.26. The van der Waals surface area contributed by atoms with E-state index in [9.17, 15) is 0 Å². The van der Waals surface area contributed by atoms with Crippen LogP contribution in [0.25, 0.3) is 0 Å². The summed E-state index contributed by atoms with van der Waals surface area (Å²) in [6.07, 6.45) is 2.12. The van der Waals surface area contributed by atoms with Crippen molar-refractivity contribution in [3.05, 3.63) is 65.7 Å². The van der Waals surface area contributed by atoms with Gasteiger partial charge in [-0.15, -0.1) is 11.8 Å². The molecule has 2 aromatic carbocycles. The molecule has 0 aromatic heterocycles. The minimum absolute atomic E-state index is 0.466. The van der Waals surface area contributed by atoms with E-state index >= 15 is 0 Å². The molecule has 16 heavy (non-hydrogen) atoms. The fourth-order valence-corrected chi connectivity index (χ4v) is 2.31. The van der Waals surface area contributed by atoms with Crippen LogP contribution < -0.4 is 0 Å². The number of hydrogen-bond acceptors (Lipinski definition) is 1. The molecule has 1 unspecified atom stereocenters. The van der Waals surface area contributed by atoms with E-state index in [2.05, 4.69) is 67.8 Å². The molecule has 2 aromatic rings. The van der Waals surface area contributed by atoms with E-state index in [1.54, 1.807) is 11.8 Å². The van der Waals surface area contributed by atoms with E-state index in [1.807, 2.05) is 0 Å². The van der Waals surface area contributed by atoms with Gasteiger partial charge in [-0.1, -0.05) is 49.4 Å². The van der Waals surface area contributed by atoms with Crippen LogP contribution in [0.15, 0.2) is 59.5 Å². The second kappa shape index (κ2) is 5.22. The molecule has 0 spiro atoms. The number of thioether (sulfide) groups is 1. The van der Waals surface area contributed by atoms with Crippen LogP contribution >= 0.6 is 11.8 Å². The van der Waals surface area contributed by atoms with Gasteiger partial charge in [0.05, 0.1) is 0 Å². The highest BCUT2D eigenvalue weighted by molar-refractivity contribution is 7.98. The topological polar surface area (TPSA) is 0 Å². The summed E-state index contributed by atoms with van der Waals surface area (Å²) in [6.45, 7) is 2.26. The molecule has 0 N–H and O–H groups in total. The molecule has 0 saturated carbocycles. The molecule has 0 radical (unpaired) electrons. The minimum atomic E-state index is 0.466. The maximum Gasteiger partial charge on any atom is 0.00720 e. The van der Waals surface area contributed by atoms with Gasteiger partial charge in [0, 0.05) is 10.8 Å². The maximum absolute atomic E-state index is 2.28. The van der Waals surface area contributed by atoms with Crippen LogP contribution in [0.4, 0.5) is 0 Å². The van der Waals surface area contributed by atoms with Crippen molar-refractivity contribution in [2.45, 2.75) is 17.7 Å². The highest BCUT2D eigenvalue weighted by Gasteiger charge is 2.07. The average molecular weight is 228 g/mol. The van der Waals surface area contributed by atoms with Crippen molar-refractivity contribution in [2.24, 2.45) is 0 Å². The third kappa shape index (κ3) is 2.48. The summed E-state index contributed by atoms with van der Waals surface area (Å²) < 4.78 is 0. The molecule has 0 heterocycles. The molecule has 0 aliphatic carbocycles. The summed E-state index contributed by atoms with van der Waals surface area (Å²) in [4.78, 5) is 1.33. The van der Waals surface area contributed by atoms with Gasteiger partial charge in [0.25, 0.3) is 0 Å². The molecule has 2 rings (SSSR count). The number of rotatable bonds is 3. The van der Waals surface area contributed by atoms with Crippen LogP contribution in [0.3, 0.4) is 0 Å². The molecular formula is C15H16S. The van der Waals surface area contributed by atoms with Crippen molar-refractivity contribution in [3.63, 3.8) is 0 Å². The molecule has 0 aliphatic rings. The molecule has 1 heteroatoms. The first kappa shape index (κ1) is 11.3. The standard InChI is InChI=1S/C15H16S/c1-12(13-7-4-3-5-8-13)14-9-6-10-15(11-14)16-2/h3-12H,1-2H3. The van der Waals surface area contributed by atoms with E-state index in [0.717, 1.165) is 0 Å². The first-order valence-corrected chi connectivity index (χ1v) is 6.72. The predicted molar refractivity (Wildman–Crippen MR) is 72.2 cm³/mol. The van der Waals surface area contributed by atoms with E-state index in [-0.39, 0.29) is 0 Å². The molecule has 0 fully saturated rings. The first-order valence-electron chi connectivity index (χ1n) is 5.50. The van der Waals surface area contributed by atoms with Crippen LogP contribution in [-0.2, 0) is 0 Å². The Morgan fingerprint density at radius 2 is 1.56 bits per heavy atom. The van der Waals surface area contributed by atoms with Gasteiger partial charge < -0.3 is 0 Å². The Hall–Kier alpha value is -1.21. The van der Waals surface area contributed by atoms with Gasteiger partial charge in [0.1, 0.15) is 0 Å². The van der Waals surface area contributed by atoms with Gasteiger partial charge in [0.15, 0.2) is 0 Å². The van der Waals surface area contributed by atoms with Crippen LogP contribution in [0.5, 0.6) is 0 Å². The third-order valence-corrected chi connectivity index (χ3v) is 3.62. The summed E-state index contributed by atoms with van der Waals surface area (Å²) in [6, 6.07) is 19.4. The zero-order chi connectivity index (χ0) is 11.4. The van der Waals surface area contributed by atoms with Crippen molar-refractivity contribution in [2.75, 3.05) is 6.26 Å². The Morgan fingerprint density at radius 1 is 0.875 bits per heavy atom. The maximum atomic E-state index is 2.28. The van der Waals surface area contributed by atoms with Gasteiger partial charge in [-0.3, -0.25) is 0 Å². The molecular weight excluding hydrogens is 212 g/mol. The molecule has 0 bridgehead atoms. The average Bonchev–Trinajstić information content (AvgIpc) is 2.39. The Balaban J connectivity index is 2.30. The minimum Gasteiger partial charge on any atom is -0.130 e. The second-order valence-electron chi connectivity index (χ2n) is 3.91. The van der Waals surface area contributed by atoms with Crippen LogP contribution in [0.1, 0.15) is 24.0 Å². The van der Waals surface area contributed by atoms with Crippen LogP contribution in [0, 0.1) is 0 Å². The Labute approximate surface area is 102 Å². The Bertz CT molecular complexity index is 448. The fraction of sp³-hybridized carbons (Fsp3) is 0.200. The lowest BCUT2D eigenvalue weighted by Crippen LogP contribution is -1.95. The van der Waals surface area contributed by atoms with Crippen molar-refractivity contribution in [1.82, 2.24) is 0 Å². The molecule has 0 saturated heterocycles. The Morgan fingerprint density at radius 3 is 2.25 bits per heavy atom. The predicted octanol–water partition coefficient (Wildman–Crippen LogP) is 4.56. The number of hydrogen-bond donors (Lipinski definition) is 0. The second-order valence-corrected chi connectivity index (χ2v) is 4.79. The van der Waals surface area contributed by atoms with Gasteiger partial charge in [0.2, 0.25) is 0 Å². The van der Waals surface area contributed by atoms with Gasteiger partial charge in [-0.2, -0.15) is 0 Å². The summed E-state index contributed by atoms with van der Waals surface area (Å²) >= 11 is 1.80. The quantitative estimate of drug-likeness (QED) is 0.694. The fourth-order valence-electron chi connectivity index (χ4n) is 1.85. The van der Waals surface area contributed by atoms with E-state index in [1.165, 1.54) is 16.0 Å². The summed E-state index contributed by atoms with van der Waals surface area (Å²) in [5.74, 6) is 0.466. The van der Waals surface area contributed by atoms with Crippen LogP contribution in [0.2, 0.25) is 0 Å². The van der Waals surface area contributed by atoms with Crippen molar-refractivity contribution < 1.29 is 0 Å². The van der Waals surface area contributed by atoms with Gasteiger partial charge >= 0.3 is 0 Å². The molecule has 0 aliphatic heterocycles. The zero-order valence-electron chi connectivity index (χ0n) is 9.68. The lowest BCUT2D eigenvalue weighted by Gasteiger charge is -2.13. The van der Waals surface area contributed by atoms with Crippen molar-refractivity contribution >= 4 is 11.8 Å². The van der Waals surface area contributed by atoms with E-state index in [0.29, 0.717) is 5.92 Å². The summed E-state index contributed by atoms with van der Waals surface area (Å²) in [7, 11) is 0. The summed E-state index contributed by atoms with van der Waals surface area (Å²) in [5.41, 5.74) is 2.76. The monoisotopic (exact) mass is 228 g/mol. The third-order valence-electron chi connectivity index (χ3n) is 2.89. The largest absolute Gasteiger partial charge is 0.130 e. The van der Waals surface area contributed by atoms with Crippen LogP contribution in [-0.4, -0.2) is 6.26 Å². The Kier molecular flexibility index (Phi) is 3.68. The van der Waals surface area contributed by atoms with Gasteiger partial charge in [-0.25, -0.2) is 0 Å². The van der Waals surface area contributed by atoms with Crippen molar-refractivity contribution in [1.29, 1.82) is 0 Å². The first-order chi connectivity index (χ1) is 7.81. The molecule has 0 amide bonds. The zero-order valence-corrected chi connectivity index (χ0v) is 10.5. The summed E-state index contributed by atoms with van der Waals surface area (Å²) in [5, 5.41) is 0. The van der Waals surface area contributed by atoms with Gasteiger partial charge in [-0.05, 0) is 29.5 Å². The van der Waals surface area contributed by atoms with E-state index in [4.69, 9.17) is 0 Å². The molecule has 1 atom stereocenters. The lowest BCUT2D eigenvalue weighted by atomic mass is 9.93. The lowest BCUT2D eigenvalue weighted by molar-refractivity contribution is 0.917. The molecule has 0 nitrogen and oxygen atoms in total. The normalized spacial score (nSPS) is 12.4. The smallest absolute Gasteiger partial charge is 0.00720 e. The SMILES string of the molecule is CSc1cccc(C(C)c2ccccc2)c1. The molecule has 82 valence electrons.